The van der Waals surface area contributed by atoms with Crippen LogP contribution in [0.1, 0.15) is 51.0 Å². The molecule has 0 unspecified atom stereocenters. The largest absolute Gasteiger partial charge is 0.490 e. The molecule has 0 saturated heterocycles. The Morgan fingerprint density at radius 3 is 2.55 bits per heavy atom. The fourth-order valence-electron chi connectivity index (χ4n) is 3.14. The summed E-state index contributed by atoms with van der Waals surface area (Å²) in [7, 11) is 0. The first-order valence-corrected chi connectivity index (χ1v) is 7.89. The number of fused-ring (bicyclic) bond motifs is 1. The summed E-state index contributed by atoms with van der Waals surface area (Å²) in [6.07, 6.45) is 7.63. The van der Waals surface area contributed by atoms with Crippen LogP contribution in [0.4, 0.5) is 0 Å². The van der Waals surface area contributed by atoms with E-state index in [-0.39, 0.29) is 0 Å². The quantitative estimate of drug-likeness (QED) is 0.913. The van der Waals surface area contributed by atoms with E-state index >= 15 is 0 Å². The zero-order valence-corrected chi connectivity index (χ0v) is 12.4. The van der Waals surface area contributed by atoms with Crippen molar-refractivity contribution in [3.63, 3.8) is 0 Å². The second kappa shape index (κ2) is 6.04. The molecule has 1 aliphatic heterocycles. The Morgan fingerprint density at radius 2 is 1.75 bits per heavy atom. The van der Waals surface area contributed by atoms with Crippen molar-refractivity contribution in [2.45, 2.75) is 57.5 Å². The summed E-state index contributed by atoms with van der Waals surface area (Å²) < 4.78 is 11.4. The van der Waals surface area contributed by atoms with Gasteiger partial charge in [0, 0.05) is 18.5 Å². The number of benzene rings is 1. The van der Waals surface area contributed by atoms with Gasteiger partial charge in [0.1, 0.15) is 0 Å². The van der Waals surface area contributed by atoms with Crippen LogP contribution in [0.5, 0.6) is 11.5 Å². The second-order valence-electron chi connectivity index (χ2n) is 6.31. The van der Waals surface area contributed by atoms with Gasteiger partial charge in [-0.2, -0.15) is 0 Å². The van der Waals surface area contributed by atoms with Crippen molar-refractivity contribution < 1.29 is 9.47 Å². The van der Waals surface area contributed by atoms with E-state index in [1.54, 1.807) is 0 Å². The van der Waals surface area contributed by atoms with Gasteiger partial charge >= 0.3 is 0 Å². The lowest BCUT2D eigenvalue weighted by molar-refractivity contribution is 0.252. The van der Waals surface area contributed by atoms with Gasteiger partial charge < -0.3 is 14.8 Å². The lowest BCUT2D eigenvalue weighted by Gasteiger charge is -2.35. The van der Waals surface area contributed by atoms with E-state index in [9.17, 15) is 0 Å². The Labute approximate surface area is 121 Å². The van der Waals surface area contributed by atoms with E-state index in [0.29, 0.717) is 5.54 Å². The van der Waals surface area contributed by atoms with Crippen molar-refractivity contribution in [1.82, 2.24) is 5.32 Å². The molecule has 2 aliphatic rings. The van der Waals surface area contributed by atoms with Crippen LogP contribution in [0.15, 0.2) is 18.2 Å². The Balaban J connectivity index is 1.64. The molecule has 110 valence electrons. The predicted octanol–water partition coefficient (Wildman–Crippen LogP) is 3.66. The van der Waals surface area contributed by atoms with Crippen LogP contribution in [-0.4, -0.2) is 18.8 Å². The van der Waals surface area contributed by atoms with E-state index in [2.05, 4.69) is 24.4 Å². The normalized spacial score (nSPS) is 21.2. The minimum absolute atomic E-state index is 0.308. The van der Waals surface area contributed by atoms with Crippen LogP contribution >= 0.6 is 0 Å². The van der Waals surface area contributed by atoms with E-state index in [0.717, 1.165) is 37.7 Å². The summed E-state index contributed by atoms with van der Waals surface area (Å²) in [6.45, 7) is 4.77. The second-order valence-corrected chi connectivity index (χ2v) is 6.31. The molecule has 0 amide bonds. The van der Waals surface area contributed by atoms with Gasteiger partial charge in [-0.05, 0) is 37.5 Å². The van der Waals surface area contributed by atoms with Gasteiger partial charge in [0.2, 0.25) is 0 Å². The molecule has 0 aromatic heterocycles. The summed E-state index contributed by atoms with van der Waals surface area (Å²) >= 11 is 0. The highest BCUT2D eigenvalue weighted by molar-refractivity contribution is 5.43. The van der Waals surface area contributed by atoms with E-state index < -0.39 is 0 Å². The van der Waals surface area contributed by atoms with Gasteiger partial charge in [0.05, 0.1) is 13.2 Å². The number of nitrogens with one attached hydrogen (secondary N) is 1. The Hall–Kier alpha value is -1.22. The number of ether oxygens (including phenoxy) is 2. The zero-order valence-electron chi connectivity index (χ0n) is 12.4. The molecule has 1 aromatic rings. The van der Waals surface area contributed by atoms with Crippen molar-refractivity contribution in [3.05, 3.63) is 23.8 Å². The van der Waals surface area contributed by atoms with Gasteiger partial charge in [-0.1, -0.05) is 25.3 Å². The average Bonchev–Trinajstić information content (AvgIpc) is 2.71. The molecular formula is C17H25NO2. The molecule has 1 heterocycles. The zero-order chi connectivity index (χ0) is 13.8. The standard InChI is InChI=1S/C17H25NO2/c1-17(8-3-2-4-9-17)18-13-14-6-7-15-16(12-14)20-11-5-10-19-15/h6-7,12,18H,2-5,8-11,13H2,1H3. The number of hydrogen-bond acceptors (Lipinski definition) is 3. The Morgan fingerprint density at radius 1 is 1.00 bits per heavy atom. The van der Waals surface area contributed by atoms with Crippen LogP contribution in [0.2, 0.25) is 0 Å². The van der Waals surface area contributed by atoms with Crippen molar-refractivity contribution in [3.8, 4) is 11.5 Å². The van der Waals surface area contributed by atoms with Gasteiger partial charge in [-0.3, -0.25) is 0 Å². The average molecular weight is 275 g/mol. The van der Waals surface area contributed by atoms with Crippen LogP contribution in [0.3, 0.4) is 0 Å². The summed E-state index contributed by atoms with van der Waals surface area (Å²) in [5.41, 5.74) is 1.59. The first kappa shape index (κ1) is 13.7. The molecule has 3 heteroatoms. The van der Waals surface area contributed by atoms with Crippen LogP contribution in [-0.2, 0) is 6.54 Å². The first-order chi connectivity index (χ1) is 9.75. The molecule has 1 aromatic carbocycles. The summed E-state index contributed by atoms with van der Waals surface area (Å²) in [5, 5.41) is 3.74. The number of hydrogen-bond donors (Lipinski definition) is 1. The molecule has 1 aliphatic carbocycles. The van der Waals surface area contributed by atoms with Crippen molar-refractivity contribution in [2.24, 2.45) is 0 Å². The van der Waals surface area contributed by atoms with Gasteiger partial charge in [0.25, 0.3) is 0 Å². The summed E-state index contributed by atoms with van der Waals surface area (Å²) in [4.78, 5) is 0. The van der Waals surface area contributed by atoms with E-state index in [1.807, 2.05) is 6.07 Å². The molecule has 0 atom stereocenters. The fraction of sp³-hybridized carbons (Fsp3) is 0.647. The van der Waals surface area contributed by atoms with Crippen molar-refractivity contribution in [2.75, 3.05) is 13.2 Å². The highest BCUT2D eigenvalue weighted by Crippen LogP contribution is 2.31. The first-order valence-electron chi connectivity index (χ1n) is 7.89. The molecule has 1 fully saturated rings. The fourth-order valence-corrected chi connectivity index (χ4v) is 3.14. The molecule has 1 N–H and O–H groups in total. The highest BCUT2D eigenvalue weighted by Gasteiger charge is 2.25. The van der Waals surface area contributed by atoms with Crippen LogP contribution in [0.25, 0.3) is 0 Å². The summed E-state index contributed by atoms with van der Waals surface area (Å²) in [5.74, 6) is 1.78. The molecule has 20 heavy (non-hydrogen) atoms. The monoisotopic (exact) mass is 275 g/mol. The topological polar surface area (TPSA) is 30.5 Å². The molecule has 1 saturated carbocycles. The maximum atomic E-state index is 5.75. The SMILES string of the molecule is CC1(NCc2ccc3c(c2)OCCCO3)CCCCC1. The lowest BCUT2D eigenvalue weighted by Crippen LogP contribution is -2.43. The minimum Gasteiger partial charge on any atom is -0.490 e. The van der Waals surface area contributed by atoms with Gasteiger partial charge in [-0.25, -0.2) is 0 Å². The molecule has 0 bridgehead atoms. The smallest absolute Gasteiger partial charge is 0.161 e. The lowest BCUT2D eigenvalue weighted by atomic mass is 9.83. The maximum Gasteiger partial charge on any atom is 0.161 e. The molecule has 0 radical (unpaired) electrons. The van der Waals surface area contributed by atoms with Crippen LogP contribution < -0.4 is 14.8 Å². The highest BCUT2D eigenvalue weighted by atomic mass is 16.5. The molecule has 0 spiro atoms. The Bertz CT molecular complexity index is 452. The molecule has 3 rings (SSSR count). The number of rotatable bonds is 3. The molecular weight excluding hydrogens is 250 g/mol. The summed E-state index contributed by atoms with van der Waals surface area (Å²) in [6, 6.07) is 6.31. The van der Waals surface area contributed by atoms with Gasteiger partial charge in [0.15, 0.2) is 11.5 Å². The predicted molar refractivity (Wildman–Crippen MR) is 80.4 cm³/mol. The third kappa shape index (κ3) is 3.26. The minimum atomic E-state index is 0.308. The molecule has 3 nitrogen and oxygen atoms in total. The van der Waals surface area contributed by atoms with Crippen molar-refractivity contribution in [1.29, 1.82) is 0 Å². The van der Waals surface area contributed by atoms with E-state index in [1.165, 1.54) is 37.7 Å². The maximum absolute atomic E-state index is 5.75. The van der Waals surface area contributed by atoms with Crippen LogP contribution in [0, 0.1) is 0 Å². The Kier molecular flexibility index (Phi) is 4.16. The van der Waals surface area contributed by atoms with E-state index in [4.69, 9.17) is 9.47 Å². The third-order valence-electron chi connectivity index (χ3n) is 4.49. The third-order valence-corrected chi connectivity index (χ3v) is 4.49. The van der Waals surface area contributed by atoms with Crippen molar-refractivity contribution >= 4 is 0 Å². The van der Waals surface area contributed by atoms with Gasteiger partial charge in [-0.15, -0.1) is 0 Å².